The first-order chi connectivity index (χ1) is 15.7. The van der Waals surface area contributed by atoms with E-state index in [-0.39, 0.29) is 0 Å². The number of hydrogen-bond donors (Lipinski definition) is 0. The molecule has 0 aliphatic heterocycles. The molecule has 0 radical (unpaired) electrons. The molecule has 0 saturated heterocycles. The summed E-state index contributed by atoms with van der Waals surface area (Å²) in [6, 6.07) is 6.75. The molecule has 0 heterocycles. The van der Waals surface area contributed by atoms with E-state index in [9.17, 15) is 0 Å². The molecule has 0 N–H and O–H groups in total. The summed E-state index contributed by atoms with van der Waals surface area (Å²) in [5.41, 5.74) is 5.65. The Morgan fingerprint density at radius 2 is 1.45 bits per heavy atom. The van der Waals surface area contributed by atoms with Crippen LogP contribution in [0, 0.1) is 18.8 Å². The zero-order chi connectivity index (χ0) is 26.7. The van der Waals surface area contributed by atoms with E-state index in [1.807, 2.05) is 6.08 Å². The first-order valence-corrected chi connectivity index (χ1v) is 13.5. The molecular weight excluding hydrogens is 396 g/mol. The highest BCUT2D eigenvalue weighted by atomic mass is 14.1. The van der Waals surface area contributed by atoms with Crippen LogP contribution < -0.4 is 0 Å². The van der Waals surface area contributed by atoms with Crippen molar-refractivity contribution >= 4 is 0 Å². The molecule has 0 nitrogen and oxygen atoms in total. The van der Waals surface area contributed by atoms with E-state index in [0.717, 1.165) is 31.1 Å². The van der Waals surface area contributed by atoms with Crippen LogP contribution in [-0.2, 0) is 12.8 Å². The minimum absolute atomic E-state index is 0.932. The normalized spacial score (nSPS) is 10.8. The Morgan fingerprint density at radius 3 is 1.76 bits per heavy atom. The van der Waals surface area contributed by atoms with Gasteiger partial charge in [-0.15, -0.1) is 26.3 Å². The van der Waals surface area contributed by atoms with E-state index in [4.69, 9.17) is 0 Å². The van der Waals surface area contributed by atoms with Crippen LogP contribution in [0.1, 0.15) is 124 Å². The Hall–Kier alpha value is -1.56. The number of hydrogen-bond acceptors (Lipinski definition) is 0. The fourth-order valence-electron chi connectivity index (χ4n) is 3.22. The van der Waals surface area contributed by atoms with Gasteiger partial charge in [0, 0.05) is 0 Å². The van der Waals surface area contributed by atoms with Crippen LogP contribution in [0.5, 0.6) is 0 Å². The molecule has 0 saturated carbocycles. The average molecular weight is 459 g/mol. The quantitative estimate of drug-likeness (QED) is 0.306. The first kappa shape index (κ1) is 38.7. The standard InChI is InChI=1S/C11H16.C10H22.C6H12.C4H8.C2H4/c1-4-10-7-6-9(3)11(5-2)8-10;1-5-7-10(4)8-9(3)6-2;1-4-5-6(2)3;1-3-4-2;1-2/h6-8H,4-5H2,1-3H3;9-10H,5-8H2,1-4H3;2,4-5H2,1,3H3;3H,1,4H2,2H3;1-2H2. The van der Waals surface area contributed by atoms with Gasteiger partial charge in [0.25, 0.3) is 0 Å². The summed E-state index contributed by atoms with van der Waals surface area (Å²) >= 11 is 0. The monoisotopic (exact) mass is 458 g/mol. The molecule has 1 aromatic rings. The van der Waals surface area contributed by atoms with Crippen molar-refractivity contribution in [1.82, 2.24) is 0 Å². The van der Waals surface area contributed by atoms with Gasteiger partial charge in [-0.3, -0.25) is 0 Å². The van der Waals surface area contributed by atoms with Crippen LogP contribution in [0.15, 0.2) is 56.2 Å². The molecule has 0 aromatic heterocycles. The summed E-state index contributed by atoms with van der Waals surface area (Å²) in [6.07, 6.45) is 13.2. The lowest BCUT2D eigenvalue weighted by Crippen LogP contribution is -2.01. The fraction of sp³-hybridized carbons (Fsp3) is 0.636. The molecule has 194 valence electrons. The van der Waals surface area contributed by atoms with Gasteiger partial charge in [0.1, 0.15) is 0 Å². The molecule has 1 rings (SSSR count). The third-order valence-corrected chi connectivity index (χ3v) is 5.45. The second-order valence-electron chi connectivity index (χ2n) is 9.01. The molecule has 2 atom stereocenters. The molecule has 33 heavy (non-hydrogen) atoms. The van der Waals surface area contributed by atoms with Gasteiger partial charge in [0.15, 0.2) is 0 Å². The van der Waals surface area contributed by atoms with Crippen LogP contribution in [0.3, 0.4) is 0 Å². The smallest absolute Gasteiger partial charge is 0.0305 e. The number of benzene rings is 1. The van der Waals surface area contributed by atoms with Crippen LogP contribution >= 0.6 is 0 Å². The van der Waals surface area contributed by atoms with E-state index in [0.29, 0.717) is 0 Å². The zero-order valence-corrected chi connectivity index (χ0v) is 24.7. The Bertz CT molecular complexity index is 537. The molecule has 0 spiro atoms. The molecule has 0 bridgehead atoms. The van der Waals surface area contributed by atoms with E-state index in [2.05, 4.69) is 114 Å². The van der Waals surface area contributed by atoms with Crippen LogP contribution in [0.25, 0.3) is 0 Å². The molecule has 2 unspecified atom stereocenters. The predicted octanol–water partition coefficient (Wildman–Crippen LogP) is 11.7. The lowest BCUT2D eigenvalue weighted by Gasteiger charge is -2.14. The van der Waals surface area contributed by atoms with Crippen molar-refractivity contribution in [2.45, 2.75) is 127 Å². The number of aryl methyl sites for hydroxylation is 3. The van der Waals surface area contributed by atoms with E-state index >= 15 is 0 Å². The number of rotatable bonds is 10. The van der Waals surface area contributed by atoms with Crippen molar-refractivity contribution in [2.24, 2.45) is 11.8 Å². The van der Waals surface area contributed by atoms with Gasteiger partial charge in [-0.1, -0.05) is 111 Å². The largest absolute Gasteiger partial charge is 0.106 e. The zero-order valence-electron chi connectivity index (χ0n) is 24.7. The highest BCUT2D eigenvalue weighted by Crippen LogP contribution is 2.18. The maximum atomic E-state index is 3.74. The van der Waals surface area contributed by atoms with Crippen LogP contribution in [0.4, 0.5) is 0 Å². The maximum Gasteiger partial charge on any atom is -0.0305 e. The van der Waals surface area contributed by atoms with Gasteiger partial charge >= 0.3 is 0 Å². The lowest BCUT2D eigenvalue weighted by molar-refractivity contribution is 0.384. The summed E-state index contributed by atoms with van der Waals surface area (Å²) in [4.78, 5) is 0. The summed E-state index contributed by atoms with van der Waals surface area (Å²) in [7, 11) is 0. The second-order valence-corrected chi connectivity index (χ2v) is 9.01. The summed E-state index contributed by atoms with van der Waals surface area (Å²) in [5.74, 6) is 1.88. The third kappa shape index (κ3) is 30.4. The van der Waals surface area contributed by atoms with Crippen molar-refractivity contribution in [3.05, 3.63) is 72.9 Å². The van der Waals surface area contributed by atoms with E-state index in [1.54, 1.807) is 0 Å². The van der Waals surface area contributed by atoms with Crippen LogP contribution in [-0.4, -0.2) is 0 Å². The van der Waals surface area contributed by atoms with Gasteiger partial charge in [-0.25, -0.2) is 0 Å². The Labute approximate surface area is 211 Å². The fourth-order valence-corrected chi connectivity index (χ4v) is 3.22. The van der Waals surface area contributed by atoms with Crippen molar-refractivity contribution in [3.63, 3.8) is 0 Å². The topological polar surface area (TPSA) is 0 Å². The van der Waals surface area contributed by atoms with E-state index in [1.165, 1.54) is 60.8 Å². The summed E-state index contributed by atoms with van der Waals surface area (Å²) < 4.78 is 0. The van der Waals surface area contributed by atoms with Crippen LogP contribution in [0.2, 0.25) is 0 Å². The molecule has 0 amide bonds. The Morgan fingerprint density at radius 1 is 0.909 bits per heavy atom. The second kappa shape index (κ2) is 30.4. The van der Waals surface area contributed by atoms with Gasteiger partial charge in [-0.05, 0) is 74.5 Å². The predicted molar refractivity (Wildman–Crippen MR) is 160 cm³/mol. The lowest BCUT2D eigenvalue weighted by atomic mass is 9.92. The average Bonchev–Trinajstić information content (AvgIpc) is 2.81. The molecule has 0 aliphatic carbocycles. The Balaban J connectivity index is -0.000000176. The molecule has 0 aliphatic rings. The van der Waals surface area contributed by atoms with Gasteiger partial charge in [0.05, 0.1) is 0 Å². The van der Waals surface area contributed by atoms with E-state index < -0.39 is 0 Å². The van der Waals surface area contributed by atoms with Crippen molar-refractivity contribution in [2.75, 3.05) is 0 Å². The van der Waals surface area contributed by atoms with Gasteiger partial charge in [-0.2, -0.15) is 0 Å². The maximum absolute atomic E-state index is 3.74. The summed E-state index contributed by atoms with van der Waals surface area (Å²) in [6.45, 7) is 35.4. The highest BCUT2D eigenvalue weighted by molar-refractivity contribution is 5.30. The minimum atomic E-state index is 0.932. The molecule has 0 fully saturated rings. The molecule has 1 aromatic carbocycles. The van der Waals surface area contributed by atoms with Gasteiger partial charge in [0.2, 0.25) is 0 Å². The SMILES string of the molecule is C=C.C=C(C)CCC.C=CCC.CCCC(C)CC(C)CC.CCc1ccc(C)c(CC)c1. The summed E-state index contributed by atoms with van der Waals surface area (Å²) in [5, 5.41) is 0. The van der Waals surface area contributed by atoms with Gasteiger partial charge < -0.3 is 0 Å². The molecular formula is C33H62. The minimum Gasteiger partial charge on any atom is -0.106 e. The third-order valence-electron chi connectivity index (χ3n) is 5.45. The van der Waals surface area contributed by atoms with Crippen molar-refractivity contribution in [1.29, 1.82) is 0 Å². The molecule has 0 heteroatoms. The Kier molecular flexibility index (Phi) is 35.7. The highest BCUT2D eigenvalue weighted by Gasteiger charge is 2.05. The first-order valence-electron chi connectivity index (χ1n) is 13.5. The number of allylic oxidation sites excluding steroid dienone is 2. The van der Waals surface area contributed by atoms with Crippen molar-refractivity contribution in [3.8, 4) is 0 Å². The van der Waals surface area contributed by atoms with Crippen molar-refractivity contribution < 1.29 is 0 Å².